The van der Waals surface area contributed by atoms with Crippen LogP contribution in [-0.4, -0.2) is 34.0 Å². The van der Waals surface area contributed by atoms with Gasteiger partial charge in [-0.2, -0.15) is 0 Å². The van der Waals surface area contributed by atoms with Crippen LogP contribution in [0.2, 0.25) is 0 Å². The Morgan fingerprint density at radius 3 is 2.65 bits per heavy atom. The second kappa shape index (κ2) is 6.00. The van der Waals surface area contributed by atoms with Gasteiger partial charge in [0, 0.05) is 12.1 Å². The van der Waals surface area contributed by atoms with Gasteiger partial charge < -0.3 is 5.11 Å². The van der Waals surface area contributed by atoms with Gasteiger partial charge in [0.15, 0.2) is 0 Å². The van der Waals surface area contributed by atoms with Gasteiger partial charge in [0.2, 0.25) is 0 Å². The average molecular weight is 278 g/mol. The molecule has 1 aromatic carbocycles. The fourth-order valence-electron chi connectivity index (χ4n) is 2.60. The van der Waals surface area contributed by atoms with Gasteiger partial charge in [-0.25, -0.2) is 0 Å². The molecule has 0 aromatic heterocycles. The molecule has 2 rings (SSSR count). The number of nitrogens with zero attached hydrogens (tertiary/aromatic N) is 2. The van der Waals surface area contributed by atoms with E-state index in [0.29, 0.717) is 24.6 Å². The molecule has 1 fully saturated rings. The molecule has 0 radical (unpaired) electrons. The number of rotatable bonds is 4. The van der Waals surface area contributed by atoms with Gasteiger partial charge in [-0.15, -0.1) is 0 Å². The van der Waals surface area contributed by atoms with Crippen LogP contribution in [-0.2, 0) is 4.79 Å². The van der Waals surface area contributed by atoms with E-state index in [4.69, 9.17) is 0 Å². The first-order chi connectivity index (χ1) is 9.49. The van der Waals surface area contributed by atoms with Crippen LogP contribution in [0.4, 0.5) is 5.69 Å². The molecule has 6 heteroatoms. The Bertz CT molecular complexity index is 510. The molecule has 1 heterocycles. The number of carboxylic acid groups (broad SMARTS) is 1. The smallest absolute Gasteiger partial charge is 0.325 e. The van der Waals surface area contributed by atoms with Gasteiger partial charge in [-0.1, -0.05) is 19.1 Å². The predicted molar refractivity (Wildman–Crippen MR) is 73.4 cm³/mol. The van der Waals surface area contributed by atoms with Crippen LogP contribution in [0.15, 0.2) is 24.3 Å². The topological polar surface area (TPSA) is 83.7 Å². The van der Waals surface area contributed by atoms with E-state index in [-0.39, 0.29) is 5.69 Å². The van der Waals surface area contributed by atoms with Crippen molar-refractivity contribution in [1.82, 2.24) is 4.90 Å². The van der Waals surface area contributed by atoms with Crippen molar-refractivity contribution in [2.24, 2.45) is 5.92 Å². The summed E-state index contributed by atoms with van der Waals surface area (Å²) >= 11 is 0. The standard InChI is InChI=1S/C14H18N2O4/c1-10-5-7-15(8-6-10)13(14(17)18)11-3-2-4-12(9-11)16(19)20/h2-4,9-10,13H,5-8H2,1H3,(H,17,18). The molecule has 0 amide bonds. The minimum atomic E-state index is -0.958. The monoisotopic (exact) mass is 278 g/mol. The fourth-order valence-corrected chi connectivity index (χ4v) is 2.60. The van der Waals surface area contributed by atoms with Gasteiger partial charge in [-0.05, 0) is 37.4 Å². The van der Waals surface area contributed by atoms with Crippen LogP contribution in [0.3, 0.4) is 0 Å². The van der Waals surface area contributed by atoms with Gasteiger partial charge in [0.05, 0.1) is 4.92 Å². The number of nitro groups is 1. The summed E-state index contributed by atoms with van der Waals surface area (Å²) in [5.74, 6) is -0.356. The predicted octanol–water partition coefficient (Wildman–Crippen LogP) is 2.45. The number of aliphatic carboxylic acids is 1. The van der Waals surface area contributed by atoms with Crippen molar-refractivity contribution >= 4 is 11.7 Å². The van der Waals surface area contributed by atoms with Gasteiger partial charge in [0.25, 0.3) is 5.69 Å². The van der Waals surface area contributed by atoms with E-state index in [9.17, 15) is 20.0 Å². The first kappa shape index (κ1) is 14.5. The van der Waals surface area contributed by atoms with E-state index in [1.165, 1.54) is 18.2 Å². The van der Waals surface area contributed by atoms with Crippen LogP contribution >= 0.6 is 0 Å². The number of non-ortho nitro benzene ring substituents is 1. The minimum absolute atomic E-state index is 0.0703. The highest BCUT2D eigenvalue weighted by Crippen LogP contribution is 2.28. The maximum Gasteiger partial charge on any atom is 0.325 e. The molecule has 0 bridgehead atoms. The number of carboxylic acids is 1. The lowest BCUT2D eigenvalue weighted by molar-refractivity contribution is -0.384. The zero-order chi connectivity index (χ0) is 14.7. The van der Waals surface area contributed by atoms with E-state index in [2.05, 4.69) is 6.92 Å². The lowest BCUT2D eigenvalue weighted by Gasteiger charge is -2.34. The van der Waals surface area contributed by atoms with E-state index in [1.54, 1.807) is 6.07 Å². The molecule has 1 N–H and O–H groups in total. The van der Waals surface area contributed by atoms with E-state index in [1.807, 2.05) is 4.90 Å². The number of hydrogen-bond acceptors (Lipinski definition) is 4. The molecule has 1 saturated heterocycles. The first-order valence-corrected chi connectivity index (χ1v) is 6.70. The number of hydrogen-bond donors (Lipinski definition) is 1. The molecule has 1 unspecified atom stereocenters. The van der Waals surface area contributed by atoms with Crippen LogP contribution in [0.5, 0.6) is 0 Å². The summed E-state index contributed by atoms with van der Waals surface area (Å²) in [4.78, 5) is 23.8. The highest BCUT2D eigenvalue weighted by molar-refractivity contribution is 5.76. The number of nitro benzene ring substituents is 1. The number of piperidine rings is 1. The Kier molecular flexibility index (Phi) is 4.34. The number of carbonyl (C=O) groups is 1. The zero-order valence-corrected chi connectivity index (χ0v) is 11.4. The highest BCUT2D eigenvalue weighted by Gasteiger charge is 2.30. The Hall–Kier alpha value is -1.95. The number of likely N-dealkylation sites (tertiary alicyclic amines) is 1. The van der Waals surface area contributed by atoms with Crippen molar-refractivity contribution in [3.63, 3.8) is 0 Å². The highest BCUT2D eigenvalue weighted by atomic mass is 16.6. The van der Waals surface area contributed by atoms with Gasteiger partial charge in [-0.3, -0.25) is 19.8 Å². The molecule has 1 aliphatic rings. The summed E-state index contributed by atoms with van der Waals surface area (Å²) in [6, 6.07) is 5.11. The first-order valence-electron chi connectivity index (χ1n) is 6.70. The molecule has 1 aliphatic heterocycles. The molecule has 1 aromatic rings. The molecule has 6 nitrogen and oxygen atoms in total. The van der Waals surface area contributed by atoms with Crippen molar-refractivity contribution in [2.45, 2.75) is 25.8 Å². The molecular formula is C14H18N2O4. The van der Waals surface area contributed by atoms with Crippen LogP contribution < -0.4 is 0 Å². The fraction of sp³-hybridized carbons (Fsp3) is 0.500. The Morgan fingerprint density at radius 2 is 2.10 bits per heavy atom. The summed E-state index contributed by atoms with van der Waals surface area (Å²) in [5.41, 5.74) is 0.403. The van der Waals surface area contributed by atoms with Crippen molar-refractivity contribution in [2.75, 3.05) is 13.1 Å². The van der Waals surface area contributed by atoms with Crippen molar-refractivity contribution in [1.29, 1.82) is 0 Å². The molecule has 0 saturated carbocycles. The maximum absolute atomic E-state index is 11.6. The van der Waals surface area contributed by atoms with Crippen molar-refractivity contribution in [3.8, 4) is 0 Å². The molecule has 0 aliphatic carbocycles. The summed E-state index contributed by atoms with van der Waals surface area (Å²) in [6.07, 6.45) is 1.91. The molecule has 0 spiro atoms. The van der Waals surface area contributed by atoms with Crippen molar-refractivity contribution < 1.29 is 14.8 Å². The SMILES string of the molecule is CC1CCN(C(C(=O)O)c2cccc([N+](=O)[O-])c2)CC1. The van der Waals surface area contributed by atoms with E-state index >= 15 is 0 Å². The van der Waals surface area contributed by atoms with E-state index < -0.39 is 16.9 Å². The quantitative estimate of drug-likeness (QED) is 0.675. The molecule has 108 valence electrons. The summed E-state index contributed by atoms with van der Waals surface area (Å²) in [7, 11) is 0. The van der Waals surface area contributed by atoms with E-state index in [0.717, 1.165) is 12.8 Å². The third-order valence-electron chi connectivity index (χ3n) is 3.81. The Balaban J connectivity index is 2.26. The molecule has 1 atom stereocenters. The maximum atomic E-state index is 11.6. The van der Waals surface area contributed by atoms with Crippen LogP contribution in [0.1, 0.15) is 31.4 Å². The van der Waals surface area contributed by atoms with Crippen molar-refractivity contribution in [3.05, 3.63) is 39.9 Å². The third kappa shape index (κ3) is 3.14. The third-order valence-corrected chi connectivity index (χ3v) is 3.81. The van der Waals surface area contributed by atoms with Crippen LogP contribution in [0, 0.1) is 16.0 Å². The number of benzene rings is 1. The summed E-state index contributed by atoms with van der Waals surface area (Å²) in [6.45, 7) is 3.57. The lowest BCUT2D eigenvalue weighted by atomic mass is 9.95. The molecular weight excluding hydrogens is 260 g/mol. The molecule has 20 heavy (non-hydrogen) atoms. The Morgan fingerprint density at radius 1 is 1.45 bits per heavy atom. The summed E-state index contributed by atoms with van der Waals surface area (Å²) < 4.78 is 0. The zero-order valence-electron chi connectivity index (χ0n) is 11.4. The van der Waals surface area contributed by atoms with Gasteiger partial charge in [0.1, 0.15) is 6.04 Å². The largest absolute Gasteiger partial charge is 0.480 e. The second-order valence-electron chi connectivity index (χ2n) is 5.31. The van der Waals surface area contributed by atoms with Gasteiger partial charge >= 0.3 is 5.97 Å². The summed E-state index contributed by atoms with van der Waals surface area (Å²) in [5, 5.41) is 20.3. The minimum Gasteiger partial charge on any atom is -0.480 e. The van der Waals surface area contributed by atoms with Crippen LogP contribution in [0.25, 0.3) is 0 Å². The normalized spacial score (nSPS) is 18.6. The lowest BCUT2D eigenvalue weighted by Crippen LogP contribution is -2.39. The Labute approximate surface area is 117 Å². The average Bonchev–Trinajstić information content (AvgIpc) is 2.41. The second-order valence-corrected chi connectivity index (χ2v) is 5.31.